The van der Waals surface area contributed by atoms with Crippen LogP contribution in [0.25, 0.3) is 0 Å². The lowest BCUT2D eigenvalue weighted by atomic mass is 10.2. The molecular weight excluding hydrogens is 308 g/mol. The molecule has 0 spiro atoms. The SMILES string of the molecule is C=CCNC(=O)c1cnc(Nc2ccc(C(=O)OCC)cc2)cn1. The van der Waals surface area contributed by atoms with Gasteiger partial charge < -0.3 is 15.4 Å². The van der Waals surface area contributed by atoms with Gasteiger partial charge in [0.05, 0.1) is 24.6 Å². The third-order valence-electron chi connectivity index (χ3n) is 2.96. The molecule has 1 aromatic heterocycles. The van der Waals surface area contributed by atoms with Crippen LogP contribution < -0.4 is 10.6 Å². The predicted octanol–water partition coefficient (Wildman–Crippen LogP) is 2.31. The molecule has 0 radical (unpaired) electrons. The first-order valence-electron chi connectivity index (χ1n) is 7.39. The number of hydrogen-bond donors (Lipinski definition) is 2. The van der Waals surface area contributed by atoms with Crippen LogP contribution in [-0.4, -0.2) is 35.0 Å². The lowest BCUT2D eigenvalue weighted by Crippen LogP contribution is -2.24. The minimum absolute atomic E-state index is 0.222. The second-order valence-corrected chi connectivity index (χ2v) is 4.71. The van der Waals surface area contributed by atoms with Crippen LogP contribution in [0.1, 0.15) is 27.8 Å². The Morgan fingerprint density at radius 3 is 2.54 bits per heavy atom. The van der Waals surface area contributed by atoms with Crippen molar-refractivity contribution < 1.29 is 14.3 Å². The lowest BCUT2D eigenvalue weighted by Gasteiger charge is -2.07. The van der Waals surface area contributed by atoms with E-state index in [0.717, 1.165) is 5.69 Å². The summed E-state index contributed by atoms with van der Waals surface area (Å²) in [5, 5.41) is 5.66. The van der Waals surface area contributed by atoms with Gasteiger partial charge in [-0.2, -0.15) is 0 Å². The summed E-state index contributed by atoms with van der Waals surface area (Å²) in [7, 11) is 0. The van der Waals surface area contributed by atoms with Gasteiger partial charge in [0.25, 0.3) is 5.91 Å². The quantitative estimate of drug-likeness (QED) is 0.599. The van der Waals surface area contributed by atoms with E-state index in [0.29, 0.717) is 24.5 Å². The summed E-state index contributed by atoms with van der Waals surface area (Å²) in [5.41, 5.74) is 1.43. The standard InChI is InChI=1S/C17H18N4O3/c1-3-9-18-16(22)14-10-20-15(11-19-14)21-13-7-5-12(6-8-13)17(23)24-4-2/h3,5-8,10-11H,1,4,9H2,2H3,(H,18,22)(H,20,21). The number of nitrogens with zero attached hydrogens (tertiary/aromatic N) is 2. The summed E-state index contributed by atoms with van der Waals surface area (Å²) >= 11 is 0. The van der Waals surface area contributed by atoms with E-state index in [9.17, 15) is 9.59 Å². The van der Waals surface area contributed by atoms with Gasteiger partial charge in [0.15, 0.2) is 0 Å². The molecule has 0 aliphatic rings. The van der Waals surface area contributed by atoms with E-state index in [-0.39, 0.29) is 17.6 Å². The number of amides is 1. The molecule has 0 saturated carbocycles. The summed E-state index contributed by atoms with van der Waals surface area (Å²) < 4.78 is 4.92. The number of rotatable bonds is 7. The van der Waals surface area contributed by atoms with Crippen molar-refractivity contribution in [1.82, 2.24) is 15.3 Å². The highest BCUT2D eigenvalue weighted by Crippen LogP contribution is 2.15. The average molecular weight is 326 g/mol. The van der Waals surface area contributed by atoms with Crippen molar-refractivity contribution in [2.45, 2.75) is 6.92 Å². The van der Waals surface area contributed by atoms with Crippen molar-refractivity contribution in [2.24, 2.45) is 0 Å². The van der Waals surface area contributed by atoms with Crippen LogP contribution in [-0.2, 0) is 4.74 Å². The molecule has 1 heterocycles. The molecule has 124 valence electrons. The minimum atomic E-state index is -0.362. The Morgan fingerprint density at radius 1 is 1.21 bits per heavy atom. The minimum Gasteiger partial charge on any atom is -0.462 e. The molecule has 0 unspecified atom stereocenters. The Bertz CT molecular complexity index is 712. The van der Waals surface area contributed by atoms with Gasteiger partial charge in [0.2, 0.25) is 0 Å². The van der Waals surface area contributed by atoms with Gasteiger partial charge in [-0.3, -0.25) is 4.79 Å². The van der Waals surface area contributed by atoms with Gasteiger partial charge in [0, 0.05) is 12.2 Å². The van der Waals surface area contributed by atoms with E-state index in [1.54, 1.807) is 37.3 Å². The van der Waals surface area contributed by atoms with Crippen molar-refractivity contribution in [3.05, 3.63) is 60.6 Å². The molecule has 1 aromatic carbocycles. The Kier molecular flexibility index (Phi) is 6.01. The second-order valence-electron chi connectivity index (χ2n) is 4.71. The molecular formula is C17H18N4O3. The Hall–Kier alpha value is -3.22. The molecule has 0 aliphatic carbocycles. The maximum atomic E-state index is 11.7. The van der Waals surface area contributed by atoms with Gasteiger partial charge >= 0.3 is 5.97 Å². The Morgan fingerprint density at radius 2 is 1.96 bits per heavy atom. The summed E-state index contributed by atoms with van der Waals surface area (Å²) in [6.45, 7) is 5.99. The smallest absolute Gasteiger partial charge is 0.338 e. The fraction of sp³-hybridized carbons (Fsp3) is 0.176. The number of aromatic nitrogens is 2. The van der Waals surface area contributed by atoms with Crippen LogP contribution in [0, 0.1) is 0 Å². The van der Waals surface area contributed by atoms with Crippen molar-refractivity contribution in [1.29, 1.82) is 0 Å². The number of nitrogens with one attached hydrogen (secondary N) is 2. The number of anilines is 2. The molecule has 2 N–H and O–H groups in total. The summed E-state index contributed by atoms with van der Waals surface area (Å²) in [6.07, 6.45) is 4.43. The molecule has 0 bridgehead atoms. The van der Waals surface area contributed by atoms with E-state index in [1.807, 2.05) is 0 Å². The van der Waals surface area contributed by atoms with Gasteiger partial charge in [-0.05, 0) is 31.2 Å². The number of carbonyl (C=O) groups is 2. The van der Waals surface area contributed by atoms with E-state index in [1.165, 1.54) is 12.4 Å². The highest BCUT2D eigenvalue weighted by atomic mass is 16.5. The molecule has 0 saturated heterocycles. The average Bonchev–Trinajstić information content (AvgIpc) is 2.61. The highest BCUT2D eigenvalue weighted by molar-refractivity contribution is 5.92. The zero-order valence-corrected chi connectivity index (χ0v) is 13.3. The summed E-state index contributed by atoms with van der Waals surface area (Å²) in [5.74, 6) is -0.189. The van der Waals surface area contributed by atoms with Crippen LogP contribution in [0.2, 0.25) is 0 Å². The fourth-order valence-electron chi connectivity index (χ4n) is 1.82. The normalized spacial score (nSPS) is 9.88. The Labute approximate surface area is 139 Å². The highest BCUT2D eigenvalue weighted by Gasteiger charge is 2.08. The van der Waals surface area contributed by atoms with Gasteiger partial charge in [-0.1, -0.05) is 6.08 Å². The molecule has 1 amide bonds. The molecule has 0 atom stereocenters. The fourth-order valence-corrected chi connectivity index (χ4v) is 1.82. The monoisotopic (exact) mass is 326 g/mol. The number of benzene rings is 1. The summed E-state index contributed by atoms with van der Waals surface area (Å²) in [4.78, 5) is 31.5. The predicted molar refractivity (Wildman–Crippen MR) is 90.2 cm³/mol. The van der Waals surface area contributed by atoms with Gasteiger partial charge in [0.1, 0.15) is 11.5 Å². The molecule has 0 aliphatic heterocycles. The van der Waals surface area contributed by atoms with Crippen LogP contribution in [0.3, 0.4) is 0 Å². The first kappa shape index (κ1) is 17.1. The van der Waals surface area contributed by atoms with Gasteiger partial charge in [-0.15, -0.1) is 6.58 Å². The molecule has 7 nitrogen and oxygen atoms in total. The van der Waals surface area contributed by atoms with E-state index in [2.05, 4.69) is 27.2 Å². The topological polar surface area (TPSA) is 93.2 Å². The van der Waals surface area contributed by atoms with Crippen molar-refractivity contribution in [3.63, 3.8) is 0 Å². The summed E-state index contributed by atoms with van der Waals surface area (Å²) in [6, 6.07) is 6.78. The van der Waals surface area contributed by atoms with Crippen LogP contribution in [0.15, 0.2) is 49.3 Å². The van der Waals surface area contributed by atoms with Crippen molar-refractivity contribution >= 4 is 23.4 Å². The number of ether oxygens (including phenoxy) is 1. The molecule has 2 aromatic rings. The van der Waals surface area contributed by atoms with Gasteiger partial charge in [-0.25, -0.2) is 14.8 Å². The second kappa shape index (κ2) is 8.42. The first-order chi connectivity index (χ1) is 11.6. The van der Waals surface area contributed by atoms with Crippen molar-refractivity contribution in [2.75, 3.05) is 18.5 Å². The number of carbonyl (C=O) groups excluding carboxylic acids is 2. The van der Waals surface area contributed by atoms with Crippen LogP contribution in [0.4, 0.5) is 11.5 Å². The number of hydrogen-bond acceptors (Lipinski definition) is 6. The maximum Gasteiger partial charge on any atom is 0.338 e. The molecule has 7 heteroatoms. The van der Waals surface area contributed by atoms with Crippen LogP contribution in [0.5, 0.6) is 0 Å². The number of esters is 1. The molecule has 0 fully saturated rings. The van der Waals surface area contributed by atoms with E-state index < -0.39 is 0 Å². The Balaban J connectivity index is 1.99. The molecule has 2 rings (SSSR count). The largest absolute Gasteiger partial charge is 0.462 e. The zero-order chi connectivity index (χ0) is 17.4. The maximum absolute atomic E-state index is 11.7. The first-order valence-corrected chi connectivity index (χ1v) is 7.39. The third kappa shape index (κ3) is 4.64. The lowest BCUT2D eigenvalue weighted by molar-refractivity contribution is 0.0526. The van der Waals surface area contributed by atoms with E-state index >= 15 is 0 Å². The van der Waals surface area contributed by atoms with Crippen molar-refractivity contribution in [3.8, 4) is 0 Å². The van der Waals surface area contributed by atoms with Crippen LogP contribution >= 0.6 is 0 Å². The third-order valence-corrected chi connectivity index (χ3v) is 2.96. The molecule has 24 heavy (non-hydrogen) atoms. The van der Waals surface area contributed by atoms with E-state index in [4.69, 9.17) is 4.74 Å². The zero-order valence-electron chi connectivity index (χ0n) is 13.3.